The molecule has 0 spiro atoms. The zero-order valence-electron chi connectivity index (χ0n) is 12.1. The third kappa shape index (κ3) is 5.07. The quantitative estimate of drug-likeness (QED) is 0.712. The van der Waals surface area contributed by atoms with Crippen LogP contribution in [0.3, 0.4) is 0 Å². The molecule has 0 aliphatic heterocycles. The van der Waals surface area contributed by atoms with Crippen molar-refractivity contribution in [2.75, 3.05) is 6.54 Å². The van der Waals surface area contributed by atoms with Crippen LogP contribution in [0.5, 0.6) is 5.75 Å². The number of hydrogen-bond donors (Lipinski definition) is 1. The highest BCUT2D eigenvalue weighted by Gasteiger charge is 2.19. The summed E-state index contributed by atoms with van der Waals surface area (Å²) in [5.74, 6) is 0.989. The Morgan fingerprint density at radius 3 is 2.89 bits per heavy atom. The van der Waals surface area contributed by atoms with E-state index in [9.17, 15) is 0 Å². The number of hydrogen-bond acceptors (Lipinski definition) is 2. The normalized spacial score (nSPS) is 16.7. The van der Waals surface area contributed by atoms with Crippen LogP contribution in [0.1, 0.15) is 45.1 Å². The fraction of sp³-hybridized carbons (Fsp3) is 0.529. The molecule has 2 rings (SSSR count). The minimum absolute atomic E-state index is 0.271. The maximum atomic E-state index is 6.04. The smallest absolute Gasteiger partial charge is 0.126 e. The Balaban J connectivity index is 1.75. The van der Waals surface area contributed by atoms with Gasteiger partial charge in [0.2, 0.25) is 0 Å². The van der Waals surface area contributed by atoms with Crippen LogP contribution in [0.4, 0.5) is 0 Å². The molecule has 1 aliphatic carbocycles. The maximum absolute atomic E-state index is 6.04. The van der Waals surface area contributed by atoms with Gasteiger partial charge < -0.3 is 10.1 Å². The van der Waals surface area contributed by atoms with E-state index in [-0.39, 0.29) is 6.10 Å². The van der Waals surface area contributed by atoms with Crippen LogP contribution in [0.2, 0.25) is 0 Å². The summed E-state index contributed by atoms with van der Waals surface area (Å²) in [6.45, 7) is 5.31. The largest absolute Gasteiger partial charge is 0.490 e. The van der Waals surface area contributed by atoms with Gasteiger partial charge in [0.1, 0.15) is 5.75 Å². The van der Waals surface area contributed by atoms with Gasteiger partial charge in [-0.25, -0.2) is 0 Å². The van der Waals surface area contributed by atoms with Crippen molar-refractivity contribution in [1.29, 1.82) is 0 Å². The highest BCUT2D eigenvalue weighted by atomic mass is 16.5. The average Bonchev–Trinajstić information content (AvgIpc) is 3.21. The summed E-state index contributed by atoms with van der Waals surface area (Å²) in [4.78, 5) is 0. The second-order valence-electron chi connectivity index (χ2n) is 5.34. The van der Waals surface area contributed by atoms with Crippen LogP contribution in [0, 0.1) is 0 Å². The number of benzene rings is 1. The molecule has 1 aromatic rings. The standard InChI is InChI=1S/C17H25NO/c1-3-7-15-9-4-5-10-17(15)19-14(2)8-6-13-18-16-11-12-16/h3-5,7,9-10,14,16,18H,6,8,11-13H2,1-2H3. The van der Waals surface area contributed by atoms with E-state index in [0.29, 0.717) is 0 Å². The van der Waals surface area contributed by atoms with Gasteiger partial charge >= 0.3 is 0 Å². The van der Waals surface area contributed by atoms with Gasteiger partial charge in [0, 0.05) is 11.6 Å². The van der Waals surface area contributed by atoms with E-state index >= 15 is 0 Å². The molecule has 1 aromatic carbocycles. The first-order chi connectivity index (χ1) is 9.29. The Morgan fingerprint density at radius 1 is 1.37 bits per heavy atom. The summed E-state index contributed by atoms with van der Waals surface area (Å²) in [6, 6.07) is 9.04. The molecule has 1 aliphatic rings. The molecule has 0 aromatic heterocycles. The lowest BCUT2D eigenvalue weighted by Gasteiger charge is -2.16. The van der Waals surface area contributed by atoms with Crippen molar-refractivity contribution >= 4 is 6.08 Å². The Morgan fingerprint density at radius 2 is 2.16 bits per heavy atom. The van der Waals surface area contributed by atoms with Crippen molar-refractivity contribution in [2.24, 2.45) is 0 Å². The predicted octanol–water partition coefficient (Wildman–Crippen LogP) is 4.02. The third-order valence-corrected chi connectivity index (χ3v) is 3.39. The summed E-state index contributed by atoms with van der Waals surface area (Å²) >= 11 is 0. The van der Waals surface area contributed by atoms with Gasteiger partial charge in [0.25, 0.3) is 0 Å². The molecule has 1 atom stereocenters. The van der Waals surface area contributed by atoms with E-state index in [1.165, 1.54) is 19.3 Å². The van der Waals surface area contributed by atoms with Crippen LogP contribution < -0.4 is 10.1 Å². The van der Waals surface area contributed by atoms with Crippen molar-refractivity contribution < 1.29 is 4.74 Å². The Hall–Kier alpha value is -1.28. The molecule has 0 amide bonds. The molecule has 0 radical (unpaired) electrons. The van der Waals surface area contributed by atoms with Crippen LogP contribution in [0.15, 0.2) is 30.3 Å². The van der Waals surface area contributed by atoms with Gasteiger partial charge in [-0.05, 0) is 52.1 Å². The van der Waals surface area contributed by atoms with Gasteiger partial charge in [-0.2, -0.15) is 0 Å². The van der Waals surface area contributed by atoms with Crippen molar-refractivity contribution in [3.63, 3.8) is 0 Å². The molecule has 0 saturated heterocycles. The van der Waals surface area contributed by atoms with Crippen LogP contribution in [-0.2, 0) is 0 Å². The third-order valence-electron chi connectivity index (χ3n) is 3.39. The number of ether oxygens (including phenoxy) is 1. The Kier molecular flexibility index (Phi) is 5.46. The molecule has 1 fully saturated rings. The molecule has 0 bridgehead atoms. The molecule has 1 N–H and O–H groups in total. The summed E-state index contributed by atoms with van der Waals surface area (Å²) < 4.78 is 6.04. The topological polar surface area (TPSA) is 21.3 Å². The lowest BCUT2D eigenvalue weighted by molar-refractivity contribution is 0.207. The first-order valence-electron chi connectivity index (χ1n) is 7.41. The molecule has 104 valence electrons. The second kappa shape index (κ2) is 7.34. The minimum atomic E-state index is 0.271. The molecular weight excluding hydrogens is 234 g/mol. The summed E-state index contributed by atoms with van der Waals surface area (Å²) in [7, 11) is 0. The Bertz CT molecular complexity index is 409. The van der Waals surface area contributed by atoms with Crippen molar-refractivity contribution in [3.8, 4) is 5.75 Å². The minimum Gasteiger partial charge on any atom is -0.490 e. The number of rotatable bonds is 8. The monoisotopic (exact) mass is 259 g/mol. The van der Waals surface area contributed by atoms with Gasteiger partial charge in [0.05, 0.1) is 6.10 Å². The number of para-hydroxylation sites is 1. The molecule has 2 nitrogen and oxygen atoms in total. The molecule has 19 heavy (non-hydrogen) atoms. The van der Waals surface area contributed by atoms with E-state index < -0.39 is 0 Å². The summed E-state index contributed by atoms with van der Waals surface area (Å²) in [5, 5.41) is 3.54. The maximum Gasteiger partial charge on any atom is 0.126 e. The van der Waals surface area contributed by atoms with Gasteiger partial charge in [-0.1, -0.05) is 30.4 Å². The zero-order chi connectivity index (χ0) is 13.5. The second-order valence-corrected chi connectivity index (χ2v) is 5.34. The van der Waals surface area contributed by atoms with Gasteiger partial charge in [-0.3, -0.25) is 0 Å². The molecule has 0 heterocycles. The van der Waals surface area contributed by atoms with E-state index in [1.807, 2.05) is 31.2 Å². The average molecular weight is 259 g/mol. The van der Waals surface area contributed by atoms with E-state index in [1.54, 1.807) is 0 Å². The van der Waals surface area contributed by atoms with Crippen LogP contribution in [-0.4, -0.2) is 18.7 Å². The SMILES string of the molecule is CC=Cc1ccccc1OC(C)CCCNC1CC1. The fourth-order valence-corrected chi connectivity index (χ4v) is 2.16. The zero-order valence-corrected chi connectivity index (χ0v) is 12.1. The number of nitrogens with one attached hydrogen (secondary N) is 1. The van der Waals surface area contributed by atoms with Crippen molar-refractivity contribution in [1.82, 2.24) is 5.32 Å². The first-order valence-corrected chi connectivity index (χ1v) is 7.41. The van der Waals surface area contributed by atoms with Gasteiger partial charge in [0.15, 0.2) is 0 Å². The molecule has 1 saturated carbocycles. The van der Waals surface area contributed by atoms with E-state index in [0.717, 1.165) is 30.3 Å². The molecule has 1 unspecified atom stereocenters. The van der Waals surface area contributed by atoms with Gasteiger partial charge in [-0.15, -0.1) is 0 Å². The molecular formula is C17H25NO. The lowest BCUT2D eigenvalue weighted by Crippen LogP contribution is -2.20. The highest BCUT2D eigenvalue weighted by molar-refractivity contribution is 5.56. The fourth-order valence-electron chi connectivity index (χ4n) is 2.16. The lowest BCUT2D eigenvalue weighted by atomic mass is 10.1. The van der Waals surface area contributed by atoms with E-state index in [2.05, 4.69) is 24.4 Å². The summed E-state index contributed by atoms with van der Waals surface area (Å²) in [6.07, 6.45) is 9.43. The van der Waals surface area contributed by atoms with Crippen molar-refractivity contribution in [2.45, 2.75) is 51.7 Å². The number of allylic oxidation sites excluding steroid dienone is 1. The first kappa shape index (κ1) is 14.1. The van der Waals surface area contributed by atoms with E-state index in [4.69, 9.17) is 4.74 Å². The van der Waals surface area contributed by atoms with Crippen molar-refractivity contribution in [3.05, 3.63) is 35.9 Å². The molecule has 2 heteroatoms. The summed E-state index contributed by atoms with van der Waals surface area (Å²) in [5.41, 5.74) is 1.16. The van der Waals surface area contributed by atoms with Crippen LogP contribution >= 0.6 is 0 Å². The van der Waals surface area contributed by atoms with Crippen LogP contribution in [0.25, 0.3) is 6.08 Å². The predicted molar refractivity (Wildman–Crippen MR) is 81.5 cm³/mol. The Labute approximate surface area is 116 Å². The highest BCUT2D eigenvalue weighted by Crippen LogP contribution is 2.22.